The fourth-order valence-electron chi connectivity index (χ4n) is 6.42. The van der Waals surface area contributed by atoms with Crippen LogP contribution in [0.3, 0.4) is 0 Å². The number of nitrogens with zero attached hydrogens (tertiary/aromatic N) is 1. The van der Waals surface area contributed by atoms with Gasteiger partial charge in [0.25, 0.3) is 0 Å². The van der Waals surface area contributed by atoms with Crippen molar-refractivity contribution in [3.63, 3.8) is 0 Å². The van der Waals surface area contributed by atoms with Gasteiger partial charge in [0.1, 0.15) is 11.1 Å². The minimum Gasteiger partial charge on any atom is -0.464 e. The van der Waals surface area contributed by atoms with E-state index in [0.29, 0.717) is 5.89 Å². The van der Waals surface area contributed by atoms with Crippen LogP contribution in [0.2, 0.25) is 0 Å². The molecule has 2 heterocycles. The van der Waals surface area contributed by atoms with Gasteiger partial charge in [0.15, 0.2) is 5.58 Å². The highest BCUT2D eigenvalue weighted by Gasteiger charge is 2.20. The summed E-state index contributed by atoms with van der Waals surface area (Å²) < 4.78 is 12.5. The van der Waals surface area contributed by atoms with Crippen molar-refractivity contribution in [3.8, 4) is 33.7 Å². The first kappa shape index (κ1) is 23.1. The summed E-state index contributed by atoms with van der Waals surface area (Å²) in [6.45, 7) is 0. The number of fused-ring (bicyclic) bond motifs is 5. The molecule has 0 aliphatic carbocycles. The first-order valence-corrected chi connectivity index (χ1v) is 14.1. The summed E-state index contributed by atoms with van der Waals surface area (Å²) in [5.41, 5.74) is 8.06. The van der Waals surface area contributed by atoms with Gasteiger partial charge < -0.3 is 8.83 Å². The Morgan fingerprint density at radius 3 is 1.79 bits per heavy atom. The zero-order valence-corrected chi connectivity index (χ0v) is 22.5. The fourth-order valence-corrected chi connectivity index (χ4v) is 6.42. The molecule has 0 aliphatic heterocycles. The second kappa shape index (κ2) is 8.92. The van der Waals surface area contributed by atoms with Crippen LogP contribution in [0.4, 0.5) is 0 Å². The molecule has 9 rings (SSSR count). The van der Waals surface area contributed by atoms with Crippen molar-refractivity contribution < 1.29 is 8.83 Å². The molecule has 0 fully saturated rings. The summed E-state index contributed by atoms with van der Waals surface area (Å²) in [6, 6.07) is 46.6. The molecule has 0 saturated heterocycles. The maximum Gasteiger partial charge on any atom is 0.227 e. The largest absolute Gasteiger partial charge is 0.464 e. The van der Waals surface area contributed by atoms with E-state index >= 15 is 0 Å². The van der Waals surface area contributed by atoms with Crippen LogP contribution >= 0.6 is 0 Å². The number of furan rings is 1. The van der Waals surface area contributed by atoms with Gasteiger partial charge in [-0.2, -0.15) is 0 Å². The third-order valence-electron chi connectivity index (χ3n) is 8.34. The lowest BCUT2D eigenvalue weighted by molar-refractivity contribution is 0.617. The van der Waals surface area contributed by atoms with Crippen molar-refractivity contribution >= 4 is 54.4 Å². The minimum absolute atomic E-state index is 0.632. The van der Waals surface area contributed by atoms with Crippen molar-refractivity contribution in [2.24, 2.45) is 0 Å². The maximum atomic E-state index is 6.28. The molecule has 0 bridgehead atoms. The lowest BCUT2D eigenvalue weighted by Crippen LogP contribution is -1.90. The van der Waals surface area contributed by atoms with Gasteiger partial charge in [-0.15, -0.1) is 0 Å². The van der Waals surface area contributed by atoms with E-state index in [9.17, 15) is 0 Å². The molecule has 3 nitrogen and oxygen atoms in total. The fraction of sp³-hybridized carbons (Fsp3) is 0. The quantitative estimate of drug-likeness (QED) is 0.210. The Bertz CT molecular complexity index is 2410. The summed E-state index contributed by atoms with van der Waals surface area (Å²) in [4.78, 5) is 4.76. The highest BCUT2D eigenvalue weighted by Crippen LogP contribution is 2.46. The Morgan fingerprint density at radius 2 is 1.07 bits per heavy atom. The maximum absolute atomic E-state index is 6.28. The summed E-state index contributed by atoms with van der Waals surface area (Å²) in [5.74, 6) is 0.632. The van der Waals surface area contributed by atoms with Crippen molar-refractivity contribution in [2.45, 2.75) is 0 Å². The van der Waals surface area contributed by atoms with Gasteiger partial charge in [0.2, 0.25) is 5.89 Å². The Morgan fingerprint density at radius 1 is 0.452 bits per heavy atom. The van der Waals surface area contributed by atoms with Gasteiger partial charge >= 0.3 is 0 Å². The molecule has 42 heavy (non-hydrogen) atoms. The molecule has 3 heteroatoms. The number of hydrogen-bond donors (Lipinski definition) is 0. The molecular weight excluding hydrogens is 514 g/mol. The zero-order chi connectivity index (χ0) is 27.6. The van der Waals surface area contributed by atoms with Crippen molar-refractivity contribution in [2.75, 3.05) is 0 Å². The topological polar surface area (TPSA) is 39.2 Å². The second-order valence-electron chi connectivity index (χ2n) is 10.8. The van der Waals surface area contributed by atoms with E-state index < -0.39 is 0 Å². The minimum atomic E-state index is 0.632. The Balaban J connectivity index is 1.32. The van der Waals surface area contributed by atoms with E-state index in [1.165, 1.54) is 43.4 Å². The third-order valence-corrected chi connectivity index (χ3v) is 8.34. The summed E-state index contributed by atoms with van der Waals surface area (Å²) in [5, 5.41) is 8.23. The van der Waals surface area contributed by atoms with Crippen LogP contribution in [0.15, 0.2) is 149 Å². The monoisotopic (exact) mass is 537 g/mol. The standard InChI is InChI=1S/C39H23NO2/c1-2-10-24(11-3-1)39-40-34-19-18-27(22-36(34)42-39)37-28-14-6-8-16-30(28)38(31-17-9-7-15-29(31)37)33-23-41-35-21-26-13-5-4-12-25(26)20-32(33)35/h1-23H. The predicted molar refractivity (Wildman–Crippen MR) is 173 cm³/mol. The van der Waals surface area contributed by atoms with Crippen LogP contribution in [0.1, 0.15) is 0 Å². The van der Waals surface area contributed by atoms with Crippen LogP contribution in [0, 0.1) is 0 Å². The van der Waals surface area contributed by atoms with E-state index in [2.05, 4.69) is 103 Å². The third kappa shape index (κ3) is 3.44. The van der Waals surface area contributed by atoms with Gasteiger partial charge in [0, 0.05) is 22.1 Å². The van der Waals surface area contributed by atoms with Crippen LogP contribution in [-0.2, 0) is 0 Å². The predicted octanol–water partition coefficient (Wildman–Crippen LogP) is 11.0. The first-order chi connectivity index (χ1) is 20.8. The van der Waals surface area contributed by atoms with Gasteiger partial charge in [-0.3, -0.25) is 0 Å². The Kier molecular flexibility index (Phi) is 4.90. The smallest absolute Gasteiger partial charge is 0.227 e. The number of rotatable bonds is 3. The molecule has 0 aliphatic rings. The molecule has 2 aromatic heterocycles. The average Bonchev–Trinajstić information content (AvgIpc) is 3.66. The number of aromatic nitrogens is 1. The molecule has 0 N–H and O–H groups in total. The van der Waals surface area contributed by atoms with Crippen molar-refractivity contribution in [1.29, 1.82) is 0 Å². The van der Waals surface area contributed by atoms with E-state index in [4.69, 9.17) is 13.8 Å². The molecule has 0 atom stereocenters. The van der Waals surface area contributed by atoms with Crippen LogP contribution in [0.5, 0.6) is 0 Å². The lowest BCUT2D eigenvalue weighted by atomic mass is 9.86. The summed E-state index contributed by atoms with van der Waals surface area (Å²) in [6.07, 6.45) is 1.92. The Hall–Kier alpha value is -5.67. The summed E-state index contributed by atoms with van der Waals surface area (Å²) in [7, 11) is 0. The molecule has 0 amide bonds. The highest BCUT2D eigenvalue weighted by atomic mass is 16.3. The van der Waals surface area contributed by atoms with Crippen LogP contribution in [-0.4, -0.2) is 4.98 Å². The molecular formula is C39H23NO2. The normalized spacial score (nSPS) is 11.8. The SMILES string of the molecule is c1ccc(-c2nc3ccc(-c4c5ccccc5c(-c5coc6cc7ccccc7cc56)c5ccccc45)cc3o2)cc1. The molecule has 9 aromatic rings. The molecule has 7 aromatic carbocycles. The number of hydrogen-bond acceptors (Lipinski definition) is 3. The van der Waals surface area contributed by atoms with E-state index in [0.717, 1.165) is 38.8 Å². The van der Waals surface area contributed by atoms with Crippen molar-refractivity contribution in [3.05, 3.63) is 140 Å². The summed E-state index contributed by atoms with van der Waals surface area (Å²) >= 11 is 0. The molecule has 0 saturated carbocycles. The molecule has 196 valence electrons. The van der Waals surface area contributed by atoms with E-state index in [-0.39, 0.29) is 0 Å². The van der Waals surface area contributed by atoms with Gasteiger partial charge in [-0.25, -0.2) is 4.98 Å². The highest BCUT2D eigenvalue weighted by molar-refractivity contribution is 6.24. The molecule has 0 radical (unpaired) electrons. The van der Waals surface area contributed by atoms with E-state index in [1.807, 2.05) is 36.6 Å². The first-order valence-electron chi connectivity index (χ1n) is 14.1. The number of benzene rings is 7. The van der Waals surface area contributed by atoms with Crippen molar-refractivity contribution in [1.82, 2.24) is 4.98 Å². The van der Waals surface area contributed by atoms with Gasteiger partial charge in [0.05, 0.1) is 6.26 Å². The van der Waals surface area contributed by atoms with Crippen LogP contribution < -0.4 is 0 Å². The van der Waals surface area contributed by atoms with Crippen LogP contribution in [0.25, 0.3) is 88.1 Å². The van der Waals surface area contributed by atoms with Gasteiger partial charge in [-0.05, 0) is 79.8 Å². The van der Waals surface area contributed by atoms with E-state index in [1.54, 1.807) is 0 Å². The number of oxazole rings is 1. The zero-order valence-electron chi connectivity index (χ0n) is 22.5. The molecule has 0 unspecified atom stereocenters. The average molecular weight is 538 g/mol. The Labute approximate surface area is 241 Å². The molecule has 0 spiro atoms. The second-order valence-corrected chi connectivity index (χ2v) is 10.8. The van der Waals surface area contributed by atoms with Gasteiger partial charge in [-0.1, -0.05) is 97.1 Å². The lowest BCUT2D eigenvalue weighted by Gasteiger charge is -2.17.